The lowest BCUT2D eigenvalue weighted by Gasteiger charge is -2.38. The summed E-state index contributed by atoms with van der Waals surface area (Å²) < 4.78 is 28.5. The van der Waals surface area contributed by atoms with Gasteiger partial charge in [0, 0.05) is 37.8 Å². The van der Waals surface area contributed by atoms with Gasteiger partial charge in [-0.3, -0.25) is 4.90 Å². The van der Waals surface area contributed by atoms with Crippen molar-refractivity contribution in [2.45, 2.75) is 38.6 Å². The van der Waals surface area contributed by atoms with Gasteiger partial charge in [0.05, 0.1) is 0 Å². The number of nitrogens with one attached hydrogen (secondary N) is 1. The minimum atomic E-state index is -0.675. The van der Waals surface area contributed by atoms with Crippen molar-refractivity contribution in [3.63, 3.8) is 0 Å². The largest absolute Gasteiger partial charge is 0.314 e. The van der Waals surface area contributed by atoms with Crippen LogP contribution in [0.2, 0.25) is 0 Å². The zero-order chi connectivity index (χ0) is 14.8. The quantitative estimate of drug-likeness (QED) is 0.919. The van der Waals surface area contributed by atoms with Crippen LogP contribution < -0.4 is 5.32 Å². The Morgan fingerprint density at radius 2 is 1.76 bits per heavy atom. The van der Waals surface area contributed by atoms with Crippen molar-refractivity contribution in [3.05, 3.63) is 34.9 Å². The van der Waals surface area contributed by atoms with Crippen LogP contribution in [0.5, 0.6) is 0 Å². The van der Waals surface area contributed by atoms with E-state index in [9.17, 15) is 8.78 Å². The van der Waals surface area contributed by atoms with Gasteiger partial charge < -0.3 is 5.32 Å². The number of benzene rings is 1. The maximum Gasteiger partial charge on any atom is 0.163 e. The summed E-state index contributed by atoms with van der Waals surface area (Å²) in [7, 11) is 0. The average molecular weight is 294 g/mol. The molecule has 0 bridgehead atoms. The number of hydrogen-bond acceptors (Lipinski definition) is 2. The van der Waals surface area contributed by atoms with E-state index in [1.54, 1.807) is 19.1 Å². The van der Waals surface area contributed by atoms with E-state index >= 15 is 0 Å². The summed E-state index contributed by atoms with van der Waals surface area (Å²) in [5, 5.41) is 3.34. The standard InChI is InChI=1S/C17H24F2N2/c1-12-6-7-14(16(19)15(12)18)17(13-4-2-3-5-13)21-10-8-20-9-11-21/h6-7,13,17,20H,2-5,8-11H2,1H3/t17-/m1/s1. The predicted molar refractivity (Wildman–Crippen MR) is 80.2 cm³/mol. The van der Waals surface area contributed by atoms with E-state index in [4.69, 9.17) is 0 Å². The Kier molecular flexibility index (Phi) is 4.55. The number of halogens is 2. The van der Waals surface area contributed by atoms with Gasteiger partial charge in [0.2, 0.25) is 0 Å². The van der Waals surface area contributed by atoms with Crippen LogP contribution in [0.15, 0.2) is 12.1 Å². The summed E-state index contributed by atoms with van der Waals surface area (Å²) in [6.45, 7) is 5.31. The van der Waals surface area contributed by atoms with E-state index in [1.807, 2.05) is 0 Å². The van der Waals surface area contributed by atoms with Gasteiger partial charge in [0.1, 0.15) is 0 Å². The van der Waals surface area contributed by atoms with Crippen molar-refractivity contribution < 1.29 is 8.78 Å². The molecule has 1 aliphatic carbocycles. The summed E-state index contributed by atoms with van der Waals surface area (Å²) in [5.74, 6) is -0.851. The molecule has 1 heterocycles. The topological polar surface area (TPSA) is 15.3 Å². The maximum atomic E-state index is 14.5. The Morgan fingerprint density at radius 3 is 2.43 bits per heavy atom. The van der Waals surface area contributed by atoms with Gasteiger partial charge in [-0.25, -0.2) is 8.78 Å². The van der Waals surface area contributed by atoms with Crippen LogP contribution in [-0.4, -0.2) is 31.1 Å². The number of piperazine rings is 1. The van der Waals surface area contributed by atoms with Crippen LogP contribution in [0.1, 0.15) is 42.9 Å². The molecule has 2 nitrogen and oxygen atoms in total. The zero-order valence-corrected chi connectivity index (χ0v) is 12.7. The zero-order valence-electron chi connectivity index (χ0n) is 12.7. The van der Waals surface area contributed by atoms with Gasteiger partial charge in [-0.2, -0.15) is 0 Å². The van der Waals surface area contributed by atoms with Crippen LogP contribution in [0.4, 0.5) is 8.78 Å². The summed E-state index contributed by atoms with van der Waals surface area (Å²) in [6.07, 6.45) is 4.68. The fourth-order valence-corrected chi connectivity index (χ4v) is 3.87. The Balaban J connectivity index is 1.96. The molecule has 0 spiro atoms. The molecule has 4 heteroatoms. The molecular weight excluding hydrogens is 270 g/mol. The first-order valence-electron chi connectivity index (χ1n) is 8.07. The fraction of sp³-hybridized carbons (Fsp3) is 0.647. The van der Waals surface area contributed by atoms with Crippen molar-refractivity contribution in [1.82, 2.24) is 10.2 Å². The first kappa shape index (κ1) is 14.9. The molecule has 0 radical (unpaired) electrons. The SMILES string of the molecule is Cc1ccc([C@@H](C2CCCC2)N2CCNCC2)c(F)c1F. The Labute approximate surface area is 125 Å². The van der Waals surface area contributed by atoms with E-state index in [2.05, 4.69) is 10.2 Å². The first-order chi connectivity index (χ1) is 10.2. The van der Waals surface area contributed by atoms with Crippen LogP contribution in [0.25, 0.3) is 0 Å². The first-order valence-corrected chi connectivity index (χ1v) is 8.07. The van der Waals surface area contributed by atoms with E-state index in [-0.39, 0.29) is 6.04 Å². The highest BCUT2D eigenvalue weighted by molar-refractivity contribution is 5.29. The van der Waals surface area contributed by atoms with Crippen molar-refractivity contribution in [2.75, 3.05) is 26.2 Å². The molecule has 1 N–H and O–H groups in total. The molecule has 21 heavy (non-hydrogen) atoms. The fourth-order valence-electron chi connectivity index (χ4n) is 3.87. The summed E-state index contributed by atoms with van der Waals surface area (Å²) in [6, 6.07) is 3.56. The second-order valence-corrected chi connectivity index (χ2v) is 6.37. The van der Waals surface area contributed by atoms with Gasteiger partial charge in [0.15, 0.2) is 11.6 Å². The van der Waals surface area contributed by atoms with Crippen molar-refractivity contribution in [2.24, 2.45) is 5.92 Å². The lowest BCUT2D eigenvalue weighted by molar-refractivity contribution is 0.122. The van der Waals surface area contributed by atoms with Gasteiger partial charge in [-0.1, -0.05) is 25.0 Å². The summed E-state index contributed by atoms with van der Waals surface area (Å²) >= 11 is 0. The lowest BCUT2D eigenvalue weighted by atomic mass is 9.88. The number of rotatable bonds is 3. The third kappa shape index (κ3) is 2.97. The second-order valence-electron chi connectivity index (χ2n) is 6.37. The Hall–Kier alpha value is -1.00. The molecule has 1 saturated carbocycles. The molecule has 1 saturated heterocycles. The number of hydrogen-bond donors (Lipinski definition) is 1. The highest BCUT2D eigenvalue weighted by Gasteiger charge is 2.34. The van der Waals surface area contributed by atoms with Gasteiger partial charge >= 0.3 is 0 Å². The van der Waals surface area contributed by atoms with Crippen LogP contribution >= 0.6 is 0 Å². The maximum absolute atomic E-state index is 14.5. The molecule has 2 fully saturated rings. The molecule has 3 rings (SSSR count). The molecule has 1 atom stereocenters. The van der Waals surface area contributed by atoms with E-state index in [1.165, 1.54) is 12.8 Å². The predicted octanol–water partition coefficient (Wildman–Crippen LogP) is 3.41. The second kappa shape index (κ2) is 6.41. The number of aryl methyl sites for hydroxylation is 1. The molecule has 1 aliphatic heterocycles. The molecule has 0 aromatic heterocycles. The van der Waals surface area contributed by atoms with Crippen LogP contribution in [-0.2, 0) is 0 Å². The lowest BCUT2D eigenvalue weighted by Crippen LogP contribution is -2.47. The third-order valence-corrected chi connectivity index (χ3v) is 5.02. The average Bonchev–Trinajstić information content (AvgIpc) is 3.03. The minimum absolute atomic E-state index is 0.0321. The minimum Gasteiger partial charge on any atom is -0.314 e. The van der Waals surface area contributed by atoms with Gasteiger partial charge in [-0.15, -0.1) is 0 Å². The van der Waals surface area contributed by atoms with Gasteiger partial charge in [0.25, 0.3) is 0 Å². The molecule has 0 unspecified atom stereocenters. The Bertz CT molecular complexity index is 492. The third-order valence-electron chi connectivity index (χ3n) is 5.02. The van der Waals surface area contributed by atoms with Crippen molar-refractivity contribution >= 4 is 0 Å². The van der Waals surface area contributed by atoms with Crippen LogP contribution in [0.3, 0.4) is 0 Å². The van der Waals surface area contributed by atoms with Crippen molar-refractivity contribution in [1.29, 1.82) is 0 Å². The van der Waals surface area contributed by atoms with Crippen LogP contribution in [0, 0.1) is 24.5 Å². The highest BCUT2D eigenvalue weighted by atomic mass is 19.2. The molecule has 1 aromatic rings. The van der Waals surface area contributed by atoms with Crippen molar-refractivity contribution in [3.8, 4) is 0 Å². The van der Waals surface area contributed by atoms with E-state index in [0.717, 1.165) is 39.0 Å². The Morgan fingerprint density at radius 1 is 1.10 bits per heavy atom. The normalized spacial score (nSPS) is 22.6. The molecular formula is C17H24F2N2. The van der Waals surface area contributed by atoms with Gasteiger partial charge in [-0.05, 0) is 31.2 Å². The molecule has 2 aliphatic rings. The monoisotopic (exact) mass is 294 g/mol. The highest BCUT2D eigenvalue weighted by Crippen LogP contribution is 2.41. The summed E-state index contributed by atoms with van der Waals surface area (Å²) in [4.78, 5) is 2.35. The number of nitrogens with zero attached hydrogens (tertiary/aromatic N) is 1. The summed E-state index contributed by atoms with van der Waals surface area (Å²) in [5.41, 5.74) is 0.952. The molecule has 0 amide bonds. The van der Waals surface area contributed by atoms with E-state index < -0.39 is 11.6 Å². The molecule has 1 aromatic carbocycles. The molecule has 116 valence electrons. The smallest absolute Gasteiger partial charge is 0.163 e. The van der Waals surface area contributed by atoms with E-state index in [0.29, 0.717) is 17.0 Å².